The first-order valence-corrected chi connectivity index (χ1v) is 14.1. The number of nitrogens with zero attached hydrogens (tertiary/aromatic N) is 5. The highest BCUT2D eigenvalue weighted by Crippen LogP contribution is 2.30. The average Bonchev–Trinajstić information content (AvgIpc) is 3.05. The van der Waals surface area contributed by atoms with Crippen LogP contribution in [0.5, 0.6) is 11.5 Å². The minimum atomic E-state index is -0.880. The van der Waals surface area contributed by atoms with Crippen LogP contribution >= 0.6 is 0 Å². The molecule has 1 aliphatic rings. The van der Waals surface area contributed by atoms with Gasteiger partial charge in [0.1, 0.15) is 22.9 Å². The normalized spacial score (nSPS) is 13.1. The molecule has 3 heterocycles. The molecule has 236 valence electrons. The Balaban J connectivity index is 1.27. The fourth-order valence-corrected chi connectivity index (χ4v) is 4.60. The largest absolute Gasteiger partial charge is 0.453 e. The molecule has 2 aromatic heterocycles. The van der Waals surface area contributed by atoms with Gasteiger partial charge in [-0.1, -0.05) is 0 Å². The summed E-state index contributed by atoms with van der Waals surface area (Å²) in [6.45, 7) is 3.83. The van der Waals surface area contributed by atoms with Crippen LogP contribution in [0.3, 0.4) is 0 Å². The average molecular weight is 630 g/mol. The van der Waals surface area contributed by atoms with Crippen molar-refractivity contribution in [3.8, 4) is 29.0 Å². The van der Waals surface area contributed by atoms with Gasteiger partial charge < -0.3 is 25.4 Å². The molecule has 0 unspecified atom stereocenters. The van der Waals surface area contributed by atoms with Crippen LogP contribution in [-0.4, -0.2) is 82.6 Å². The molecule has 0 bridgehead atoms. The van der Waals surface area contributed by atoms with Crippen LogP contribution in [0.1, 0.15) is 16.1 Å². The predicted octanol–water partition coefficient (Wildman–Crippen LogP) is 2.67. The van der Waals surface area contributed by atoms with Gasteiger partial charge in [-0.3, -0.25) is 23.9 Å². The van der Waals surface area contributed by atoms with Gasteiger partial charge in [0, 0.05) is 87.9 Å². The summed E-state index contributed by atoms with van der Waals surface area (Å²) in [6, 6.07) is 10.2. The minimum Gasteiger partial charge on any atom is -0.453 e. The fraction of sp³-hybridized carbons (Fsp3) is 0.219. The van der Waals surface area contributed by atoms with Crippen molar-refractivity contribution in [2.75, 3.05) is 57.5 Å². The maximum Gasteiger partial charge on any atom is 0.298 e. The molecule has 12 nitrogen and oxygen atoms in total. The minimum absolute atomic E-state index is 0.00636. The van der Waals surface area contributed by atoms with Crippen LogP contribution in [0.15, 0.2) is 71.9 Å². The van der Waals surface area contributed by atoms with Crippen molar-refractivity contribution in [2.45, 2.75) is 0 Å². The second-order valence-corrected chi connectivity index (χ2v) is 10.1. The van der Waals surface area contributed by atoms with E-state index in [0.29, 0.717) is 38.5 Å². The standard InChI is InChI=1S/C32H29F2N7O5/c1-45-19-18-39-14-16-40(17-15-39)28(42)9-7-24-26(10-11-37-30(24)35)46-27-8-4-22(20-25(27)34)38-31(43)29-32(44)41(13-12-36-29)23-5-2-21(33)3-6-23/h2-6,8,10-13,20H,14-19H2,1H3,(H2,35,37)(H,38,43). The van der Waals surface area contributed by atoms with Crippen molar-refractivity contribution in [3.63, 3.8) is 0 Å². The zero-order valence-corrected chi connectivity index (χ0v) is 24.7. The van der Waals surface area contributed by atoms with Gasteiger partial charge in [0.2, 0.25) is 0 Å². The van der Waals surface area contributed by atoms with Crippen molar-refractivity contribution < 1.29 is 27.8 Å². The molecule has 5 rings (SSSR count). The molecule has 1 saturated heterocycles. The fourth-order valence-electron chi connectivity index (χ4n) is 4.60. The number of nitrogens with two attached hydrogens (primary N) is 1. The molecule has 0 saturated carbocycles. The lowest BCUT2D eigenvalue weighted by atomic mass is 10.2. The number of aromatic nitrogens is 3. The summed E-state index contributed by atoms with van der Waals surface area (Å²) in [7, 11) is 1.64. The number of nitrogen functional groups attached to an aromatic ring is 1. The zero-order chi connectivity index (χ0) is 32.6. The van der Waals surface area contributed by atoms with E-state index in [2.05, 4.69) is 32.0 Å². The second kappa shape index (κ2) is 14.4. The van der Waals surface area contributed by atoms with Crippen LogP contribution in [-0.2, 0) is 9.53 Å². The smallest absolute Gasteiger partial charge is 0.298 e. The molecule has 4 aromatic rings. The van der Waals surface area contributed by atoms with Crippen molar-refractivity contribution in [1.82, 2.24) is 24.3 Å². The van der Waals surface area contributed by atoms with Crippen LogP contribution in [0.25, 0.3) is 5.69 Å². The van der Waals surface area contributed by atoms with E-state index < -0.39 is 28.8 Å². The topological polar surface area (TPSA) is 145 Å². The molecule has 0 spiro atoms. The number of carbonyl (C=O) groups is 2. The first-order valence-electron chi connectivity index (χ1n) is 14.1. The monoisotopic (exact) mass is 629 g/mol. The number of ether oxygens (including phenoxy) is 2. The number of piperazine rings is 1. The zero-order valence-electron chi connectivity index (χ0n) is 24.7. The molecule has 0 aliphatic carbocycles. The van der Waals surface area contributed by atoms with Gasteiger partial charge in [0.05, 0.1) is 6.61 Å². The first-order chi connectivity index (χ1) is 22.2. The molecule has 0 atom stereocenters. The van der Waals surface area contributed by atoms with E-state index in [1.165, 1.54) is 61.1 Å². The van der Waals surface area contributed by atoms with Crippen LogP contribution in [0.4, 0.5) is 20.3 Å². The number of pyridine rings is 1. The Morgan fingerprint density at radius 1 is 1.00 bits per heavy atom. The number of carbonyl (C=O) groups excluding carboxylic acids is 2. The van der Waals surface area contributed by atoms with E-state index >= 15 is 4.39 Å². The molecule has 14 heteroatoms. The lowest BCUT2D eigenvalue weighted by Gasteiger charge is -2.33. The maximum absolute atomic E-state index is 15.1. The van der Waals surface area contributed by atoms with Gasteiger partial charge in [-0.05, 0) is 42.3 Å². The van der Waals surface area contributed by atoms with Crippen LogP contribution < -0.4 is 21.3 Å². The van der Waals surface area contributed by atoms with E-state index in [4.69, 9.17) is 15.2 Å². The Morgan fingerprint density at radius 3 is 2.48 bits per heavy atom. The SMILES string of the molecule is COCCN1CCN(C(=O)C#Cc2c(Oc3ccc(NC(=O)c4nccn(-c5ccc(F)cc5)c4=O)cc3F)ccnc2N)CC1. The number of nitrogens with one attached hydrogen (secondary N) is 1. The highest BCUT2D eigenvalue weighted by Gasteiger charge is 2.20. The number of halogens is 2. The summed E-state index contributed by atoms with van der Waals surface area (Å²) in [5.74, 6) is 2.55. The van der Waals surface area contributed by atoms with Crippen LogP contribution in [0, 0.1) is 23.5 Å². The molecule has 0 radical (unpaired) electrons. The second-order valence-electron chi connectivity index (χ2n) is 10.1. The van der Waals surface area contributed by atoms with Gasteiger partial charge in [-0.2, -0.15) is 0 Å². The first kappa shape index (κ1) is 31.8. The van der Waals surface area contributed by atoms with E-state index in [9.17, 15) is 18.8 Å². The van der Waals surface area contributed by atoms with Gasteiger partial charge in [-0.25, -0.2) is 18.7 Å². The van der Waals surface area contributed by atoms with Crippen molar-refractivity contribution in [3.05, 3.63) is 100 Å². The Kier molecular flexibility index (Phi) is 9.96. The molecule has 46 heavy (non-hydrogen) atoms. The van der Waals surface area contributed by atoms with Crippen LogP contribution in [0.2, 0.25) is 0 Å². The predicted molar refractivity (Wildman–Crippen MR) is 165 cm³/mol. The summed E-state index contributed by atoms with van der Waals surface area (Å²) in [4.78, 5) is 50.2. The molecule has 2 aromatic carbocycles. The molecular formula is C32H29F2N7O5. The summed E-state index contributed by atoms with van der Waals surface area (Å²) < 4.78 is 40.4. The number of hydrogen-bond donors (Lipinski definition) is 2. The number of hydrogen-bond acceptors (Lipinski definition) is 9. The summed E-state index contributed by atoms with van der Waals surface area (Å²) in [5, 5.41) is 2.44. The van der Waals surface area contributed by atoms with Crippen molar-refractivity contribution in [1.29, 1.82) is 0 Å². The highest BCUT2D eigenvalue weighted by atomic mass is 19.1. The summed E-state index contributed by atoms with van der Waals surface area (Å²) in [5.41, 5.74) is 5.28. The third-order valence-corrected chi connectivity index (χ3v) is 7.08. The lowest BCUT2D eigenvalue weighted by Crippen LogP contribution is -2.49. The third-order valence-electron chi connectivity index (χ3n) is 7.08. The molecule has 3 N–H and O–H groups in total. The van der Waals surface area contributed by atoms with E-state index in [-0.39, 0.29) is 34.5 Å². The maximum atomic E-state index is 15.1. The summed E-state index contributed by atoms with van der Waals surface area (Å²) in [6.07, 6.45) is 3.94. The molecule has 2 amide bonds. The number of anilines is 2. The van der Waals surface area contributed by atoms with Gasteiger partial charge >= 0.3 is 0 Å². The van der Waals surface area contributed by atoms with E-state index in [1.54, 1.807) is 12.0 Å². The van der Waals surface area contributed by atoms with Gasteiger partial charge in [-0.15, -0.1) is 0 Å². The lowest BCUT2D eigenvalue weighted by molar-refractivity contribution is -0.126. The Bertz CT molecular complexity index is 1860. The third kappa shape index (κ3) is 7.52. The Labute approximate surface area is 262 Å². The van der Waals surface area contributed by atoms with Crippen molar-refractivity contribution >= 4 is 23.3 Å². The van der Waals surface area contributed by atoms with Gasteiger partial charge in [0.15, 0.2) is 17.3 Å². The number of amides is 2. The van der Waals surface area contributed by atoms with E-state index in [0.717, 1.165) is 17.2 Å². The Hall–Kier alpha value is -5.65. The Morgan fingerprint density at radius 2 is 1.76 bits per heavy atom. The number of methoxy groups -OCH3 is 1. The van der Waals surface area contributed by atoms with Gasteiger partial charge in [0.25, 0.3) is 17.4 Å². The van der Waals surface area contributed by atoms with E-state index in [1.807, 2.05) is 0 Å². The molecular weight excluding hydrogens is 600 g/mol. The summed E-state index contributed by atoms with van der Waals surface area (Å²) >= 11 is 0. The quantitative estimate of drug-likeness (QED) is 0.281. The molecule has 1 fully saturated rings. The number of rotatable bonds is 8. The molecule has 1 aliphatic heterocycles. The highest BCUT2D eigenvalue weighted by molar-refractivity contribution is 6.02. The number of benzene rings is 2. The van der Waals surface area contributed by atoms with Crippen molar-refractivity contribution in [2.24, 2.45) is 0 Å².